The number of carboxylic acids is 1. The van der Waals surface area contributed by atoms with Gasteiger partial charge in [0.15, 0.2) is 6.10 Å². The van der Waals surface area contributed by atoms with Gasteiger partial charge in [-0.05, 0) is 31.5 Å². The highest BCUT2D eigenvalue weighted by molar-refractivity contribution is 6.00. The lowest BCUT2D eigenvalue weighted by atomic mass is 10.1. The number of aryl methyl sites for hydroxylation is 1. The van der Waals surface area contributed by atoms with Crippen molar-refractivity contribution in [1.82, 2.24) is 0 Å². The molecule has 2 rings (SSSR count). The number of aliphatic carboxylic acids is 1. The van der Waals surface area contributed by atoms with Gasteiger partial charge < -0.3 is 14.7 Å². The van der Waals surface area contributed by atoms with Crippen molar-refractivity contribution in [1.29, 1.82) is 0 Å². The number of rotatable bonds is 3. The third-order valence-electron chi connectivity index (χ3n) is 2.87. The first-order valence-electron chi connectivity index (χ1n) is 5.79. The molecule has 1 aliphatic heterocycles. The molecule has 0 saturated heterocycles. The summed E-state index contributed by atoms with van der Waals surface area (Å²) in [6, 6.07) is 5.52. The lowest BCUT2D eigenvalue weighted by Gasteiger charge is -2.32. The minimum absolute atomic E-state index is 0.0776. The number of carboxylic acid groups (broad SMARTS) is 1. The van der Waals surface area contributed by atoms with Gasteiger partial charge in [-0.3, -0.25) is 9.59 Å². The fourth-order valence-corrected chi connectivity index (χ4v) is 1.96. The zero-order valence-corrected chi connectivity index (χ0v) is 10.3. The SMILES string of the molecule is Cc1ccc2c(c1)O[C@@H](C)C(=O)N2CCC(=O)O. The van der Waals surface area contributed by atoms with E-state index in [4.69, 9.17) is 9.84 Å². The Hall–Kier alpha value is -2.04. The molecule has 0 unspecified atom stereocenters. The Morgan fingerprint density at radius 2 is 2.22 bits per heavy atom. The van der Waals surface area contributed by atoms with E-state index < -0.39 is 12.1 Å². The van der Waals surface area contributed by atoms with Crippen LogP contribution < -0.4 is 9.64 Å². The number of amides is 1. The molecule has 18 heavy (non-hydrogen) atoms. The molecular weight excluding hydrogens is 234 g/mol. The Balaban J connectivity index is 2.33. The normalized spacial score (nSPS) is 18.2. The third-order valence-corrected chi connectivity index (χ3v) is 2.87. The third kappa shape index (κ3) is 2.30. The standard InChI is InChI=1S/C13H15NO4/c1-8-3-4-10-11(7-8)18-9(2)13(17)14(10)6-5-12(15)16/h3-4,7,9H,5-6H2,1-2H3,(H,15,16)/t9-/m0/s1. The summed E-state index contributed by atoms with van der Waals surface area (Å²) >= 11 is 0. The predicted octanol–water partition coefficient (Wildman–Crippen LogP) is 1.58. The second kappa shape index (κ2) is 4.68. The molecule has 0 aromatic heterocycles. The quantitative estimate of drug-likeness (QED) is 0.883. The van der Waals surface area contributed by atoms with E-state index in [-0.39, 0.29) is 18.9 Å². The molecule has 96 valence electrons. The predicted molar refractivity (Wildman–Crippen MR) is 65.9 cm³/mol. The molecule has 1 aromatic carbocycles. The molecule has 0 saturated carbocycles. The molecule has 0 fully saturated rings. The summed E-state index contributed by atoms with van der Waals surface area (Å²) in [5.41, 5.74) is 1.68. The summed E-state index contributed by atoms with van der Waals surface area (Å²) < 4.78 is 5.52. The monoisotopic (exact) mass is 249 g/mol. The fourth-order valence-electron chi connectivity index (χ4n) is 1.96. The van der Waals surface area contributed by atoms with Crippen LogP contribution in [-0.4, -0.2) is 29.6 Å². The Labute approximate surface area is 105 Å². The minimum atomic E-state index is -0.921. The van der Waals surface area contributed by atoms with E-state index >= 15 is 0 Å². The van der Waals surface area contributed by atoms with Crippen LogP contribution in [0.1, 0.15) is 18.9 Å². The molecule has 1 N–H and O–H groups in total. The number of hydrogen-bond donors (Lipinski definition) is 1. The zero-order chi connectivity index (χ0) is 13.3. The van der Waals surface area contributed by atoms with Crippen molar-refractivity contribution in [2.75, 3.05) is 11.4 Å². The summed E-state index contributed by atoms with van der Waals surface area (Å²) in [5, 5.41) is 8.72. The summed E-state index contributed by atoms with van der Waals surface area (Å²) in [6.45, 7) is 3.77. The first kappa shape index (κ1) is 12.4. The first-order valence-corrected chi connectivity index (χ1v) is 5.79. The zero-order valence-electron chi connectivity index (χ0n) is 10.3. The number of ether oxygens (including phenoxy) is 1. The number of benzene rings is 1. The van der Waals surface area contributed by atoms with E-state index in [9.17, 15) is 9.59 Å². The molecule has 5 nitrogen and oxygen atoms in total. The molecule has 1 atom stereocenters. The Morgan fingerprint density at radius 1 is 1.50 bits per heavy atom. The molecule has 0 aliphatic carbocycles. The summed E-state index contributed by atoms with van der Waals surface area (Å²) in [5.74, 6) is -0.490. The second-order valence-electron chi connectivity index (χ2n) is 4.36. The number of hydrogen-bond acceptors (Lipinski definition) is 3. The molecule has 1 aromatic rings. The lowest BCUT2D eigenvalue weighted by molar-refractivity contribution is -0.136. The molecular formula is C13H15NO4. The van der Waals surface area contributed by atoms with Crippen LogP contribution in [0, 0.1) is 6.92 Å². The van der Waals surface area contributed by atoms with Crippen molar-refractivity contribution in [3.63, 3.8) is 0 Å². The Morgan fingerprint density at radius 3 is 2.89 bits per heavy atom. The lowest BCUT2D eigenvalue weighted by Crippen LogP contribution is -2.45. The van der Waals surface area contributed by atoms with Gasteiger partial charge in [0.25, 0.3) is 5.91 Å². The topological polar surface area (TPSA) is 66.8 Å². The van der Waals surface area contributed by atoms with Gasteiger partial charge in [0, 0.05) is 6.54 Å². The fraction of sp³-hybridized carbons (Fsp3) is 0.385. The van der Waals surface area contributed by atoms with Crippen LogP contribution in [0.25, 0.3) is 0 Å². The van der Waals surface area contributed by atoms with Crippen LogP contribution in [0.5, 0.6) is 5.75 Å². The van der Waals surface area contributed by atoms with Crippen molar-refractivity contribution >= 4 is 17.6 Å². The molecule has 5 heteroatoms. The van der Waals surface area contributed by atoms with Crippen LogP contribution in [0.4, 0.5) is 5.69 Å². The van der Waals surface area contributed by atoms with Gasteiger partial charge in [-0.25, -0.2) is 0 Å². The molecule has 1 amide bonds. The van der Waals surface area contributed by atoms with Gasteiger partial charge in [-0.15, -0.1) is 0 Å². The number of anilines is 1. The van der Waals surface area contributed by atoms with E-state index in [0.717, 1.165) is 5.56 Å². The van der Waals surface area contributed by atoms with Gasteiger partial charge in [0.1, 0.15) is 5.75 Å². The molecule has 1 heterocycles. The van der Waals surface area contributed by atoms with Crippen molar-refractivity contribution in [2.45, 2.75) is 26.4 Å². The highest BCUT2D eigenvalue weighted by Crippen LogP contribution is 2.34. The molecule has 1 aliphatic rings. The van der Waals surface area contributed by atoms with Crippen LogP contribution >= 0.6 is 0 Å². The van der Waals surface area contributed by atoms with E-state index in [1.807, 2.05) is 19.1 Å². The summed E-state index contributed by atoms with van der Waals surface area (Å²) in [4.78, 5) is 24.1. The number of fused-ring (bicyclic) bond motifs is 1. The summed E-state index contributed by atoms with van der Waals surface area (Å²) in [7, 11) is 0. The van der Waals surface area contributed by atoms with Crippen molar-refractivity contribution in [3.8, 4) is 5.75 Å². The Bertz CT molecular complexity index is 498. The van der Waals surface area contributed by atoms with Gasteiger partial charge in [-0.2, -0.15) is 0 Å². The van der Waals surface area contributed by atoms with Gasteiger partial charge >= 0.3 is 5.97 Å². The van der Waals surface area contributed by atoms with E-state index in [1.54, 1.807) is 13.0 Å². The molecule has 0 bridgehead atoms. The van der Waals surface area contributed by atoms with Gasteiger partial charge in [0.05, 0.1) is 12.1 Å². The van der Waals surface area contributed by atoms with E-state index in [1.165, 1.54) is 4.90 Å². The first-order chi connectivity index (χ1) is 8.49. The maximum atomic E-state index is 12.0. The molecule has 0 radical (unpaired) electrons. The van der Waals surface area contributed by atoms with Gasteiger partial charge in [-0.1, -0.05) is 6.07 Å². The smallest absolute Gasteiger partial charge is 0.305 e. The van der Waals surface area contributed by atoms with Crippen LogP contribution in [0.3, 0.4) is 0 Å². The largest absolute Gasteiger partial charge is 0.481 e. The van der Waals surface area contributed by atoms with Crippen molar-refractivity contribution in [2.24, 2.45) is 0 Å². The number of nitrogens with zero attached hydrogens (tertiary/aromatic N) is 1. The number of carbonyl (C=O) groups is 2. The van der Waals surface area contributed by atoms with Crippen LogP contribution in [-0.2, 0) is 9.59 Å². The number of carbonyl (C=O) groups excluding carboxylic acids is 1. The highest BCUT2D eigenvalue weighted by Gasteiger charge is 2.31. The maximum absolute atomic E-state index is 12.0. The van der Waals surface area contributed by atoms with Crippen molar-refractivity contribution in [3.05, 3.63) is 23.8 Å². The minimum Gasteiger partial charge on any atom is -0.481 e. The molecule has 0 spiro atoms. The Kier molecular flexibility index (Phi) is 3.23. The average Bonchev–Trinajstić information content (AvgIpc) is 2.29. The average molecular weight is 249 g/mol. The van der Waals surface area contributed by atoms with E-state index in [0.29, 0.717) is 11.4 Å². The maximum Gasteiger partial charge on any atom is 0.305 e. The van der Waals surface area contributed by atoms with Crippen LogP contribution in [0.2, 0.25) is 0 Å². The van der Waals surface area contributed by atoms with E-state index in [2.05, 4.69) is 0 Å². The van der Waals surface area contributed by atoms with Crippen LogP contribution in [0.15, 0.2) is 18.2 Å². The highest BCUT2D eigenvalue weighted by atomic mass is 16.5. The van der Waals surface area contributed by atoms with Gasteiger partial charge in [0.2, 0.25) is 0 Å². The second-order valence-corrected chi connectivity index (χ2v) is 4.36. The summed E-state index contributed by atoms with van der Waals surface area (Å²) in [6.07, 6.45) is -0.653. The van der Waals surface area contributed by atoms with Crippen molar-refractivity contribution < 1.29 is 19.4 Å².